The van der Waals surface area contributed by atoms with E-state index in [9.17, 15) is 4.79 Å². The number of nitrogens with one attached hydrogen (secondary N) is 1. The maximum absolute atomic E-state index is 12.5. The Kier molecular flexibility index (Phi) is 5.99. The molecule has 6 nitrogen and oxygen atoms in total. The van der Waals surface area contributed by atoms with Crippen LogP contribution in [-0.2, 0) is 33.7 Å². The lowest BCUT2D eigenvalue weighted by Crippen LogP contribution is -2.45. The number of amides is 1. The highest BCUT2D eigenvalue weighted by Crippen LogP contribution is 2.34. The van der Waals surface area contributed by atoms with Crippen LogP contribution in [0.5, 0.6) is 0 Å². The molecule has 0 spiro atoms. The van der Waals surface area contributed by atoms with E-state index in [0.29, 0.717) is 30.4 Å². The Morgan fingerprint density at radius 1 is 1.31 bits per heavy atom. The van der Waals surface area contributed by atoms with Gasteiger partial charge in [0.15, 0.2) is 5.05 Å². The van der Waals surface area contributed by atoms with Crippen molar-refractivity contribution in [1.29, 1.82) is 0 Å². The molecule has 0 atom stereocenters. The third-order valence-electron chi connectivity index (χ3n) is 4.80. The molecular weight excluding hydrogens is 352 g/mol. The first-order valence-electron chi connectivity index (χ1n) is 9.38. The fourth-order valence-corrected chi connectivity index (χ4v) is 3.90. The molecule has 0 saturated carbocycles. The highest BCUT2D eigenvalue weighted by Gasteiger charge is 2.34. The van der Waals surface area contributed by atoms with Gasteiger partial charge in [0.25, 0.3) is 0 Å². The first-order valence-corrected chi connectivity index (χ1v) is 9.79. The Morgan fingerprint density at radius 3 is 2.73 bits per heavy atom. The van der Waals surface area contributed by atoms with E-state index in [4.69, 9.17) is 26.1 Å². The monoisotopic (exact) mass is 380 g/mol. The number of hydrogen-bond donors (Lipinski definition) is 1. The highest BCUT2D eigenvalue weighted by molar-refractivity contribution is 7.80. The largest absolute Gasteiger partial charge is 0.483 e. The summed E-state index contributed by atoms with van der Waals surface area (Å²) in [5.74, 6) is 1.24. The second kappa shape index (κ2) is 8.06. The summed E-state index contributed by atoms with van der Waals surface area (Å²) in [7, 11) is 0. The van der Waals surface area contributed by atoms with Crippen molar-refractivity contribution in [2.45, 2.75) is 65.1 Å². The zero-order valence-electron chi connectivity index (χ0n) is 15.9. The van der Waals surface area contributed by atoms with Gasteiger partial charge in [-0.25, -0.2) is 5.01 Å². The predicted molar refractivity (Wildman–Crippen MR) is 102 cm³/mol. The van der Waals surface area contributed by atoms with Crippen LogP contribution in [0.4, 0.5) is 0 Å². The Morgan fingerprint density at radius 2 is 2.04 bits per heavy atom. The first kappa shape index (κ1) is 19.3. The van der Waals surface area contributed by atoms with Crippen LogP contribution in [0.2, 0.25) is 0 Å². The smallest absolute Gasteiger partial charge is 0.241 e. The van der Waals surface area contributed by atoms with E-state index in [1.165, 1.54) is 6.42 Å². The van der Waals surface area contributed by atoms with E-state index in [1.807, 2.05) is 25.8 Å². The molecule has 1 aromatic heterocycles. The van der Waals surface area contributed by atoms with Gasteiger partial charge in [0.2, 0.25) is 5.91 Å². The van der Waals surface area contributed by atoms with E-state index < -0.39 is 0 Å². The third-order valence-corrected chi connectivity index (χ3v) is 5.12. The van der Waals surface area contributed by atoms with Crippen molar-refractivity contribution >= 4 is 23.2 Å². The van der Waals surface area contributed by atoms with Crippen molar-refractivity contribution in [3.63, 3.8) is 0 Å². The number of carbonyl (C=O) groups excluding carboxylic acids is 1. The van der Waals surface area contributed by atoms with Gasteiger partial charge in [0.1, 0.15) is 18.1 Å². The zero-order valence-corrected chi connectivity index (χ0v) is 16.7. The molecule has 1 amide bonds. The zero-order chi connectivity index (χ0) is 18.7. The summed E-state index contributed by atoms with van der Waals surface area (Å²) in [6.07, 6.45) is 4.28. The molecule has 1 fully saturated rings. The third kappa shape index (κ3) is 4.45. The predicted octanol–water partition coefficient (Wildman–Crippen LogP) is 2.90. The quantitative estimate of drug-likeness (QED) is 0.793. The summed E-state index contributed by atoms with van der Waals surface area (Å²) in [6.45, 7) is 8.64. The number of nitrogens with zero attached hydrogens (tertiary/aromatic N) is 1. The molecule has 7 heteroatoms. The van der Waals surface area contributed by atoms with E-state index in [0.717, 1.165) is 42.8 Å². The number of piperidine rings is 1. The minimum Gasteiger partial charge on any atom is -0.483 e. The highest BCUT2D eigenvalue weighted by atomic mass is 32.1. The number of furan rings is 1. The van der Waals surface area contributed by atoms with Crippen LogP contribution in [-0.4, -0.2) is 41.3 Å². The minimum atomic E-state index is -0.291. The Hall–Kier alpha value is -1.44. The summed E-state index contributed by atoms with van der Waals surface area (Å²) in [5, 5.41) is 2.39. The van der Waals surface area contributed by atoms with Crippen molar-refractivity contribution in [3.05, 3.63) is 22.6 Å². The van der Waals surface area contributed by atoms with Crippen LogP contribution < -0.4 is 5.43 Å². The SMILES string of the molecule is CCOC(=S)c1c(CC(=O)NN2CCCCC2)oc2c1CC(C)(C)OC2. The molecule has 0 radical (unpaired) electrons. The van der Waals surface area contributed by atoms with Gasteiger partial charge < -0.3 is 13.9 Å². The summed E-state index contributed by atoms with van der Waals surface area (Å²) < 4.78 is 17.4. The number of thiocarbonyl (C=S) groups is 1. The van der Waals surface area contributed by atoms with Crippen LogP contribution in [0, 0.1) is 0 Å². The average Bonchev–Trinajstić information content (AvgIpc) is 2.91. The first-order chi connectivity index (χ1) is 12.4. The average molecular weight is 381 g/mol. The summed E-state index contributed by atoms with van der Waals surface area (Å²) in [5.41, 5.74) is 4.47. The summed E-state index contributed by atoms with van der Waals surface area (Å²) in [6, 6.07) is 0. The van der Waals surface area contributed by atoms with Gasteiger partial charge in [0.05, 0.1) is 24.2 Å². The van der Waals surface area contributed by atoms with Gasteiger partial charge in [-0.05, 0) is 45.8 Å². The lowest BCUT2D eigenvalue weighted by atomic mass is 9.92. The molecule has 2 aliphatic rings. The topological polar surface area (TPSA) is 63.9 Å². The number of carbonyl (C=O) groups is 1. The molecule has 0 aliphatic carbocycles. The molecular formula is C19H28N2O4S. The van der Waals surface area contributed by atoms with Gasteiger partial charge in [0, 0.05) is 25.1 Å². The van der Waals surface area contributed by atoms with Gasteiger partial charge in [-0.1, -0.05) is 6.42 Å². The number of fused-ring (bicyclic) bond motifs is 1. The fourth-order valence-electron chi connectivity index (χ4n) is 3.54. The molecule has 3 rings (SSSR count). The summed E-state index contributed by atoms with van der Waals surface area (Å²) >= 11 is 5.47. The summed E-state index contributed by atoms with van der Waals surface area (Å²) in [4.78, 5) is 12.5. The van der Waals surface area contributed by atoms with E-state index >= 15 is 0 Å². The molecule has 3 heterocycles. The van der Waals surface area contributed by atoms with Gasteiger partial charge in [-0.3, -0.25) is 10.2 Å². The number of ether oxygens (including phenoxy) is 2. The number of hydrogen-bond acceptors (Lipinski definition) is 6. The maximum Gasteiger partial charge on any atom is 0.241 e. The molecule has 0 aromatic carbocycles. The van der Waals surface area contributed by atoms with Crippen LogP contribution in [0.1, 0.15) is 62.7 Å². The van der Waals surface area contributed by atoms with Crippen molar-refractivity contribution in [2.75, 3.05) is 19.7 Å². The molecule has 26 heavy (non-hydrogen) atoms. The Labute approximate surface area is 160 Å². The van der Waals surface area contributed by atoms with Crippen molar-refractivity contribution in [1.82, 2.24) is 10.4 Å². The van der Waals surface area contributed by atoms with E-state index in [2.05, 4.69) is 5.43 Å². The molecule has 0 bridgehead atoms. The van der Waals surface area contributed by atoms with Crippen LogP contribution >= 0.6 is 12.2 Å². The second-order valence-corrected chi connectivity index (χ2v) is 7.88. The van der Waals surface area contributed by atoms with Gasteiger partial charge in [-0.2, -0.15) is 0 Å². The van der Waals surface area contributed by atoms with Crippen molar-refractivity contribution in [3.8, 4) is 0 Å². The van der Waals surface area contributed by atoms with E-state index in [-0.39, 0.29) is 17.9 Å². The fraction of sp³-hybridized carbons (Fsp3) is 0.684. The minimum absolute atomic E-state index is 0.0845. The number of rotatable bonds is 5. The lowest BCUT2D eigenvalue weighted by molar-refractivity contribution is -0.126. The van der Waals surface area contributed by atoms with Gasteiger partial charge >= 0.3 is 0 Å². The Balaban J connectivity index is 1.80. The van der Waals surface area contributed by atoms with Crippen LogP contribution in [0.15, 0.2) is 4.42 Å². The molecule has 1 aromatic rings. The van der Waals surface area contributed by atoms with Crippen molar-refractivity contribution in [2.24, 2.45) is 0 Å². The molecule has 1 N–H and O–H groups in total. The molecule has 2 aliphatic heterocycles. The van der Waals surface area contributed by atoms with Crippen LogP contribution in [0.3, 0.4) is 0 Å². The lowest BCUT2D eigenvalue weighted by Gasteiger charge is -2.29. The molecule has 144 valence electrons. The standard InChI is InChI=1S/C19H28N2O4S/c1-4-23-18(26)17-13-11-19(2,3)24-12-15(13)25-14(17)10-16(22)20-21-8-6-5-7-9-21/h4-12H2,1-3H3,(H,20,22). The van der Waals surface area contributed by atoms with Gasteiger partial charge in [-0.15, -0.1) is 0 Å². The maximum atomic E-state index is 12.5. The second-order valence-electron chi connectivity index (χ2n) is 7.51. The molecule has 0 unspecified atom stereocenters. The Bertz CT molecular complexity index is 677. The number of hydrazine groups is 1. The normalized spacial score (nSPS) is 19.7. The van der Waals surface area contributed by atoms with Crippen molar-refractivity contribution < 1.29 is 18.7 Å². The van der Waals surface area contributed by atoms with E-state index in [1.54, 1.807) is 0 Å². The van der Waals surface area contributed by atoms with Crippen LogP contribution in [0.25, 0.3) is 0 Å². The molecule has 1 saturated heterocycles.